The van der Waals surface area contributed by atoms with Crippen LogP contribution in [0.25, 0.3) is 0 Å². The van der Waals surface area contributed by atoms with Crippen LogP contribution in [0.2, 0.25) is 0 Å². The maximum absolute atomic E-state index is 4.60. The molecule has 1 heteroatoms. The third kappa shape index (κ3) is 1.80. The summed E-state index contributed by atoms with van der Waals surface area (Å²) in [6, 6.07) is 6.54. The molecule has 0 N–H and O–H groups in total. The van der Waals surface area contributed by atoms with Crippen LogP contribution in [0.3, 0.4) is 0 Å². The summed E-state index contributed by atoms with van der Waals surface area (Å²) in [6.07, 6.45) is 3.57. The smallest absolute Gasteiger partial charge is 0.0661 e. The minimum atomic E-state index is 1.15. The van der Waals surface area contributed by atoms with Crippen LogP contribution < -0.4 is 0 Å². The number of fused-ring (bicyclic) bond motifs is 1. The van der Waals surface area contributed by atoms with Crippen molar-refractivity contribution in [1.29, 1.82) is 0 Å². The van der Waals surface area contributed by atoms with E-state index in [-0.39, 0.29) is 0 Å². The van der Waals surface area contributed by atoms with E-state index in [4.69, 9.17) is 0 Å². The standard InChI is InChI=1S/C12H15N/c1-9-6-7-12-11(8-9)5-3-4-10(2)13-12/h6-8H,3-5H2,1-2H3. The first-order valence-corrected chi connectivity index (χ1v) is 4.89. The van der Waals surface area contributed by atoms with E-state index in [9.17, 15) is 0 Å². The molecule has 0 aromatic heterocycles. The second kappa shape index (κ2) is 3.33. The van der Waals surface area contributed by atoms with Crippen molar-refractivity contribution in [3.05, 3.63) is 29.3 Å². The first kappa shape index (κ1) is 8.49. The second-order valence-electron chi connectivity index (χ2n) is 3.83. The lowest BCUT2D eigenvalue weighted by Crippen LogP contribution is -1.87. The molecule has 0 fully saturated rings. The maximum atomic E-state index is 4.60. The van der Waals surface area contributed by atoms with Gasteiger partial charge in [0.1, 0.15) is 0 Å². The van der Waals surface area contributed by atoms with Gasteiger partial charge in [-0.1, -0.05) is 17.7 Å². The highest BCUT2D eigenvalue weighted by atomic mass is 14.7. The lowest BCUT2D eigenvalue weighted by Gasteiger charge is -2.02. The normalized spacial score (nSPS) is 16.0. The Kier molecular flexibility index (Phi) is 2.17. The molecule has 0 bridgehead atoms. The Balaban J connectivity index is 2.48. The number of rotatable bonds is 0. The zero-order chi connectivity index (χ0) is 9.26. The SMILES string of the molecule is CC1=Nc2ccc(C)cc2CCC1. The molecule has 0 unspecified atom stereocenters. The lowest BCUT2D eigenvalue weighted by molar-refractivity contribution is 0.875. The van der Waals surface area contributed by atoms with E-state index in [1.807, 2.05) is 0 Å². The molecule has 1 heterocycles. The molecule has 1 aliphatic heterocycles. The van der Waals surface area contributed by atoms with Gasteiger partial charge in [-0.25, -0.2) is 0 Å². The summed E-state index contributed by atoms with van der Waals surface area (Å²) in [6.45, 7) is 4.26. The van der Waals surface area contributed by atoms with Gasteiger partial charge in [-0.05, 0) is 44.7 Å². The van der Waals surface area contributed by atoms with Crippen molar-refractivity contribution in [2.45, 2.75) is 33.1 Å². The van der Waals surface area contributed by atoms with E-state index in [0.29, 0.717) is 0 Å². The molecule has 1 aromatic rings. The number of nitrogens with zero attached hydrogens (tertiary/aromatic N) is 1. The number of aryl methyl sites for hydroxylation is 2. The van der Waals surface area contributed by atoms with E-state index < -0.39 is 0 Å². The van der Waals surface area contributed by atoms with Crippen LogP contribution in [-0.4, -0.2) is 5.71 Å². The number of hydrogen-bond acceptors (Lipinski definition) is 1. The first-order chi connectivity index (χ1) is 6.25. The summed E-state index contributed by atoms with van der Waals surface area (Å²) in [4.78, 5) is 4.60. The highest BCUT2D eigenvalue weighted by molar-refractivity contribution is 5.85. The molecule has 0 amide bonds. The molecule has 13 heavy (non-hydrogen) atoms. The van der Waals surface area contributed by atoms with Gasteiger partial charge in [0, 0.05) is 5.71 Å². The van der Waals surface area contributed by atoms with Crippen LogP contribution >= 0.6 is 0 Å². The first-order valence-electron chi connectivity index (χ1n) is 4.89. The van der Waals surface area contributed by atoms with Crippen molar-refractivity contribution >= 4 is 11.4 Å². The molecule has 0 spiro atoms. The summed E-state index contributed by atoms with van der Waals surface area (Å²) in [5, 5.41) is 0. The molecule has 1 aromatic carbocycles. The Bertz CT molecular complexity index is 350. The predicted octanol–water partition coefficient (Wildman–Crippen LogP) is 3.42. The monoisotopic (exact) mass is 173 g/mol. The highest BCUT2D eigenvalue weighted by Crippen LogP contribution is 2.25. The fourth-order valence-corrected chi connectivity index (χ4v) is 1.82. The molecule has 2 rings (SSSR count). The number of aliphatic imine (C=N–C) groups is 1. The highest BCUT2D eigenvalue weighted by Gasteiger charge is 2.06. The molecule has 0 saturated heterocycles. The molecule has 68 valence electrons. The summed E-state index contributed by atoms with van der Waals surface area (Å²) >= 11 is 0. The van der Waals surface area contributed by atoms with Gasteiger partial charge >= 0.3 is 0 Å². The maximum Gasteiger partial charge on any atom is 0.0661 e. The van der Waals surface area contributed by atoms with Crippen LogP contribution in [0, 0.1) is 6.92 Å². The quantitative estimate of drug-likeness (QED) is 0.570. The fraction of sp³-hybridized carbons (Fsp3) is 0.417. The summed E-state index contributed by atoms with van der Waals surface area (Å²) in [5.74, 6) is 0. The zero-order valence-electron chi connectivity index (χ0n) is 8.30. The Labute approximate surface area is 79.5 Å². The topological polar surface area (TPSA) is 12.4 Å². The summed E-state index contributed by atoms with van der Waals surface area (Å²) in [5.41, 5.74) is 5.20. The van der Waals surface area contributed by atoms with Gasteiger partial charge in [0.15, 0.2) is 0 Å². The van der Waals surface area contributed by atoms with E-state index in [0.717, 1.165) is 6.42 Å². The molecule has 1 nitrogen and oxygen atoms in total. The average molecular weight is 173 g/mol. The van der Waals surface area contributed by atoms with Gasteiger partial charge in [0.2, 0.25) is 0 Å². The van der Waals surface area contributed by atoms with Crippen LogP contribution in [0.1, 0.15) is 30.9 Å². The number of benzene rings is 1. The van der Waals surface area contributed by atoms with Gasteiger partial charge < -0.3 is 0 Å². The van der Waals surface area contributed by atoms with Gasteiger partial charge in [0.05, 0.1) is 5.69 Å². The van der Waals surface area contributed by atoms with Crippen LogP contribution in [0.4, 0.5) is 5.69 Å². The van der Waals surface area contributed by atoms with E-state index >= 15 is 0 Å². The van der Waals surface area contributed by atoms with Crippen molar-refractivity contribution < 1.29 is 0 Å². The minimum Gasteiger partial charge on any atom is -0.258 e. The van der Waals surface area contributed by atoms with Crippen LogP contribution in [0.5, 0.6) is 0 Å². The Hall–Kier alpha value is -1.11. The zero-order valence-corrected chi connectivity index (χ0v) is 8.30. The van der Waals surface area contributed by atoms with Crippen LogP contribution in [-0.2, 0) is 6.42 Å². The van der Waals surface area contributed by atoms with Crippen molar-refractivity contribution in [2.24, 2.45) is 4.99 Å². The predicted molar refractivity (Wildman–Crippen MR) is 56.9 cm³/mol. The number of hydrogen-bond donors (Lipinski definition) is 0. The van der Waals surface area contributed by atoms with Gasteiger partial charge in [-0.15, -0.1) is 0 Å². The minimum absolute atomic E-state index is 1.15. The molecule has 0 radical (unpaired) electrons. The van der Waals surface area contributed by atoms with E-state index in [1.165, 1.54) is 35.4 Å². The molecular weight excluding hydrogens is 158 g/mol. The van der Waals surface area contributed by atoms with E-state index in [2.05, 4.69) is 37.0 Å². The third-order valence-corrected chi connectivity index (χ3v) is 2.53. The molecule has 0 saturated carbocycles. The molecule has 1 aliphatic rings. The van der Waals surface area contributed by atoms with Gasteiger partial charge in [0.25, 0.3) is 0 Å². The van der Waals surface area contributed by atoms with Gasteiger partial charge in [-0.3, -0.25) is 4.99 Å². The van der Waals surface area contributed by atoms with Crippen molar-refractivity contribution in [2.75, 3.05) is 0 Å². The summed E-state index contributed by atoms with van der Waals surface area (Å²) < 4.78 is 0. The lowest BCUT2D eigenvalue weighted by atomic mass is 10.0. The third-order valence-electron chi connectivity index (χ3n) is 2.53. The van der Waals surface area contributed by atoms with Crippen molar-refractivity contribution in [3.63, 3.8) is 0 Å². The summed E-state index contributed by atoms with van der Waals surface area (Å²) in [7, 11) is 0. The second-order valence-corrected chi connectivity index (χ2v) is 3.83. The Morgan fingerprint density at radius 2 is 2.00 bits per heavy atom. The van der Waals surface area contributed by atoms with Crippen LogP contribution in [0.15, 0.2) is 23.2 Å². The Morgan fingerprint density at radius 1 is 1.15 bits per heavy atom. The average Bonchev–Trinajstić information content (AvgIpc) is 2.25. The van der Waals surface area contributed by atoms with E-state index in [1.54, 1.807) is 0 Å². The van der Waals surface area contributed by atoms with Gasteiger partial charge in [-0.2, -0.15) is 0 Å². The fourth-order valence-electron chi connectivity index (χ4n) is 1.82. The van der Waals surface area contributed by atoms with Crippen molar-refractivity contribution in [1.82, 2.24) is 0 Å². The Morgan fingerprint density at radius 3 is 2.85 bits per heavy atom. The molecule has 0 aliphatic carbocycles. The van der Waals surface area contributed by atoms with Crippen molar-refractivity contribution in [3.8, 4) is 0 Å². The molecular formula is C12H15N. The molecule has 0 atom stereocenters. The largest absolute Gasteiger partial charge is 0.258 e.